The quantitative estimate of drug-likeness (QED) is 0.710. The zero-order chi connectivity index (χ0) is 16.1. The van der Waals surface area contributed by atoms with Gasteiger partial charge in [-0.3, -0.25) is 0 Å². The molecule has 0 saturated heterocycles. The predicted molar refractivity (Wildman–Crippen MR) is 90.2 cm³/mol. The van der Waals surface area contributed by atoms with Crippen molar-refractivity contribution in [2.45, 2.75) is 13.3 Å². The Morgan fingerprint density at radius 2 is 1.83 bits per heavy atom. The molecule has 0 saturated carbocycles. The zero-order valence-electron chi connectivity index (χ0n) is 13.2. The Bertz CT molecular complexity index is 804. The van der Waals surface area contributed by atoms with Gasteiger partial charge < -0.3 is 9.26 Å². The van der Waals surface area contributed by atoms with Crippen LogP contribution in [0.1, 0.15) is 28.4 Å². The molecule has 0 fully saturated rings. The molecule has 0 aliphatic rings. The number of para-hydroxylation sites is 1. The SMILES string of the molecule is COc1ccccc1Cc1noc(/C=C/c2ccc(C)cc2)n1. The lowest BCUT2D eigenvalue weighted by Crippen LogP contribution is -1.95. The fourth-order valence-electron chi connectivity index (χ4n) is 2.27. The summed E-state index contributed by atoms with van der Waals surface area (Å²) in [6, 6.07) is 16.1. The molecule has 3 aromatic rings. The molecule has 23 heavy (non-hydrogen) atoms. The lowest BCUT2D eigenvalue weighted by molar-refractivity contribution is 0.401. The van der Waals surface area contributed by atoms with E-state index in [4.69, 9.17) is 9.26 Å². The highest BCUT2D eigenvalue weighted by atomic mass is 16.5. The van der Waals surface area contributed by atoms with Crippen LogP contribution in [0, 0.1) is 6.92 Å². The predicted octanol–water partition coefficient (Wildman–Crippen LogP) is 4.15. The summed E-state index contributed by atoms with van der Waals surface area (Å²) in [5, 5.41) is 4.02. The van der Waals surface area contributed by atoms with Crippen molar-refractivity contribution in [1.82, 2.24) is 10.1 Å². The Hall–Kier alpha value is -2.88. The summed E-state index contributed by atoms with van der Waals surface area (Å²) in [6.07, 6.45) is 4.36. The molecule has 4 heteroatoms. The normalized spacial score (nSPS) is 11.0. The number of methoxy groups -OCH3 is 1. The first kappa shape index (κ1) is 15.0. The van der Waals surface area contributed by atoms with Gasteiger partial charge in [0.25, 0.3) is 5.89 Å². The van der Waals surface area contributed by atoms with Gasteiger partial charge in [0.1, 0.15) is 5.75 Å². The van der Waals surface area contributed by atoms with E-state index in [1.807, 2.05) is 36.4 Å². The van der Waals surface area contributed by atoms with Crippen LogP contribution in [-0.2, 0) is 6.42 Å². The summed E-state index contributed by atoms with van der Waals surface area (Å²) in [7, 11) is 1.66. The standard InChI is InChI=1S/C19H18N2O2/c1-14-7-9-15(10-8-14)11-12-19-20-18(21-23-19)13-16-5-3-4-6-17(16)22-2/h3-12H,13H2,1-2H3/b12-11+. The first-order valence-electron chi connectivity index (χ1n) is 7.44. The van der Waals surface area contributed by atoms with Crippen LogP contribution in [-0.4, -0.2) is 17.3 Å². The molecule has 3 rings (SSSR count). The van der Waals surface area contributed by atoms with Gasteiger partial charge in [-0.25, -0.2) is 0 Å². The third-order valence-corrected chi connectivity index (χ3v) is 3.52. The molecule has 0 radical (unpaired) electrons. The fraction of sp³-hybridized carbons (Fsp3) is 0.158. The van der Waals surface area contributed by atoms with Gasteiger partial charge in [0.05, 0.1) is 7.11 Å². The van der Waals surface area contributed by atoms with Crippen molar-refractivity contribution in [1.29, 1.82) is 0 Å². The number of rotatable bonds is 5. The molecule has 0 spiro atoms. The van der Waals surface area contributed by atoms with E-state index in [9.17, 15) is 0 Å². The second kappa shape index (κ2) is 6.92. The van der Waals surface area contributed by atoms with Gasteiger partial charge in [-0.05, 0) is 24.6 Å². The van der Waals surface area contributed by atoms with E-state index in [1.165, 1.54) is 5.56 Å². The average Bonchev–Trinajstić information content (AvgIpc) is 3.02. The second-order valence-electron chi connectivity index (χ2n) is 5.28. The molecule has 0 bridgehead atoms. The minimum absolute atomic E-state index is 0.496. The van der Waals surface area contributed by atoms with Gasteiger partial charge in [-0.2, -0.15) is 4.98 Å². The molecule has 0 aliphatic carbocycles. The molecule has 1 aromatic heterocycles. The molecule has 0 aliphatic heterocycles. The number of hydrogen-bond acceptors (Lipinski definition) is 4. The van der Waals surface area contributed by atoms with Crippen molar-refractivity contribution in [3.05, 3.63) is 76.9 Å². The summed E-state index contributed by atoms with van der Waals surface area (Å²) in [4.78, 5) is 4.39. The Morgan fingerprint density at radius 1 is 1.04 bits per heavy atom. The number of nitrogens with zero attached hydrogens (tertiary/aromatic N) is 2. The summed E-state index contributed by atoms with van der Waals surface area (Å²) >= 11 is 0. The number of ether oxygens (including phenoxy) is 1. The Morgan fingerprint density at radius 3 is 2.61 bits per heavy atom. The Labute approximate surface area is 135 Å². The highest BCUT2D eigenvalue weighted by Gasteiger charge is 2.08. The summed E-state index contributed by atoms with van der Waals surface area (Å²) in [5.74, 6) is 1.96. The molecule has 4 nitrogen and oxygen atoms in total. The highest BCUT2D eigenvalue weighted by Crippen LogP contribution is 2.20. The largest absolute Gasteiger partial charge is 0.496 e. The van der Waals surface area contributed by atoms with Crippen LogP contribution in [0.2, 0.25) is 0 Å². The first-order chi connectivity index (χ1) is 11.2. The molecule has 1 heterocycles. The van der Waals surface area contributed by atoms with E-state index in [1.54, 1.807) is 7.11 Å². The van der Waals surface area contributed by atoms with E-state index in [-0.39, 0.29) is 0 Å². The second-order valence-corrected chi connectivity index (χ2v) is 5.28. The smallest absolute Gasteiger partial charge is 0.250 e. The van der Waals surface area contributed by atoms with Crippen molar-refractivity contribution < 1.29 is 9.26 Å². The molecule has 2 aromatic carbocycles. The first-order valence-corrected chi connectivity index (χ1v) is 7.44. The molecule has 0 N–H and O–H groups in total. The fourth-order valence-corrected chi connectivity index (χ4v) is 2.27. The van der Waals surface area contributed by atoms with Crippen molar-refractivity contribution in [2.24, 2.45) is 0 Å². The number of aryl methyl sites for hydroxylation is 1. The van der Waals surface area contributed by atoms with Gasteiger partial charge in [-0.15, -0.1) is 0 Å². The maximum atomic E-state index is 5.34. The highest BCUT2D eigenvalue weighted by molar-refractivity contribution is 5.65. The van der Waals surface area contributed by atoms with Crippen LogP contribution in [0.25, 0.3) is 12.2 Å². The van der Waals surface area contributed by atoms with Gasteiger partial charge in [0.2, 0.25) is 0 Å². The Kier molecular flexibility index (Phi) is 4.52. The van der Waals surface area contributed by atoms with Gasteiger partial charge in [0.15, 0.2) is 5.82 Å². The molecular weight excluding hydrogens is 288 g/mol. The Balaban J connectivity index is 1.71. The minimum atomic E-state index is 0.496. The van der Waals surface area contributed by atoms with Crippen LogP contribution in [0.5, 0.6) is 5.75 Å². The van der Waals surface area contributed by atoms with Crippen LogP contribution >= 0.6 is 0 Å². The summed E-state index contributed by atoms with van der Waals surface area (Å²) in [6.45, 7) is 2.07. The molecule has 0 unspecified atom stereocenters. The summed E-state index contributed by atoms with van der Waals surface area (Å²) < 4.78 is 10.6. The lowest BCUT2D eigenvalue weighted by Gasteiger charge is -2.04. The third kappa shape index (κ3) is 3.86. The van der Waals surface area contributed by atoms with E-state index in [0.29, 0.717) is 18.1 Å². The summed E-state index contributed by atoms with van der Waals surface area (Å²) in [5.41, 5.74) is 3.36. The number of benzene rings is 2. The molecular formula is C19H18N2O2. The van der Waals surface area contributed by atoms with E-state index < -0.39 is 0 Å². The van der Waals surface area contributed by atoms with Crippen LogP contribution < -0.4 is 4.74 Å². The third-order valence-electron chi connectivity index (χ3n) is 3.52. The van der Waals surface area contributed by atoms with Gasteiger partial charge in [-0.1, -0.05) is 53.2 Å². The van der Waals surface area contributed by atoms with E-state index in [2.05, 4.69) is 41.3 Å². The monoisotopic (exact) mass is 306 g/mol. The van der Waals surface area contributed by atoms with E-state index >= 15 is 0 Å². The van der Waals surface area contributed by atoms with Crippen molar-refractivity contribution >= 4 is 12.2 Å². The lowest BCUT2D eigenvalue weighted by atomic mass is 10.1. The van der Waals surface area contributed by atoms with Crippen molar-refractivity contribution in [3.63, 3.8) is 0 Å². The van der Waals surface area contributed by atoms with Crippen LogP contribution in [0.15, 0.2) is 53.1 Å². The van der Waals surface area contributed by atoms with Gasteiger partial charge >= 0.3 is 0 Å². The van der Waals surface area contributed by atoms with Crippen molar-refractivity contribution in [3.8, 4) is 5.75 Å². The van der Waals surface area contributed by atoms with E-state index in [0.717, 1.165) is 16.9 Å². The minimum Gasteiger partial charge on any atom is -0.496 e. The average molecular weight is 306 g/mol. The molecule has 0 atom stereocenters. The van der Waals surface area contributed by atoms with Gasteiger partial charge in [0, 0.05) is 18.1 Å². The topological polar surface area (TPSA) is 48.2 Å². The van der Waals surface area contributed by atoms with Crippen molar-refractivity contribution in [2.75, 3.05) is 7.11 Å². The number of hydrogen-bond donors (Lipinski definition) is 0. The van der Waals surface area contributed by atoms with Crippen LogP contribution in [0.3, 0.4) is 0 Å². The maximum Gasteiger partial charge on any atom is 0.250 e. The van der Waals surface area contributed by atoms with Crippen LogP contribution in [0.4, 0.5) is 0 Å². The zero-order valence-corrected chi connectivity index (χ0v) is 13.2. The number of aromatic nitrogens is 2. The molecule has 0 amide bonds. The maximum absolute atomic E-state index is 5.34. The molecule has 116 valence electrons.